The Morgan fingerprint density at radius 1 is 1.20 bits per heavy atom. The summed E-state index contributed by atoms with van der Waals surface area (Å²) in [7, 11) is 0. The topological polar surface area (TPSA) is 26.0 Å². The van der Waals surface area contributed by atoms with E-state index in [1.54, 1.807) is 0 Å². The first-order valence-corrected chi connectivity index (χ1v) is 7.35. The molecule has 0 aromatic heterocycles. The molecule has 20 heavy (non-hydrogen) atoms. The zero-order chi connectivity index (χ0) is 13.5. The molecule has 0 radical (unpaired) electrons. The molecule has 0 amide bonds. The molecule has 98 valence electrons. The second-order valence-corrected chi connectivity index (χ2v) is 6.66. The maximum Gasteiger partial charge on any atom is 0.0638 e. The molecule has 0 aliphatic heterocycles. The highest BCUT2D eigenvalue weighted by atomic mass is 14.8. The standard InChI is InChI=1S/C19H17N/c1-18-15-8-7-13-4-2-3-12-5-6-14(17(18)16(12)13)11-19(18,20)10-9-15/h2-6,8-11,17H,7,20H2,1H3. The number of benzene rings is 1. The smallest absolute Gasteiger partial charge is 0.0638 e. The predicted octanol–water partition coefficient (Wildman–Crippen LogP) is 3.49. The van der Waals surface area contributed by atoms with Gasteiger partial charge >= 0.3 is 0 Å². The minimum absolute atomic E-state index is 0.0194. The molecule has 1 aromatic carbocycles. The van der Waals surface area contributed by atoms with Crippen LogP contribution in [0.15, 0.2) is 59.7 Å². The van der Waals surface area contributed by atoms with Crippen LogP contribution < -0.4 is 5.73 Å². The zero-order valence-corrected chi connectivity index (χ0v) is 11.6. The first-order chi connectivity index (χ1) is 9.63. The van der Waals surface area contributed by atoms with Gasteiger partial charge in [0.05, 0.1) is 5.54 Å². The lowest BCUT2D eigenvalue weighted by Crippen LogP contribution is -2.48. The molecule has 0 saturated heterocycles. The van der Waals surface area contributed by atoms with Gasteiger partial charge in [0, 0.05) is 11.3 Å². The Balaban J connectivity index is 1.93. The van der Waals surface area contributed by atoms with Crippen LogP contribution in [0.1, 0.15) is 29.5 Å². The van der Waals surface area contributed by atoms with E-state index in [4.69, 9.17) is 5.73 Å². The second-order valence-electron chi connectivity index (χ2n) is 6.66. The molecule has 4 aliphatic rings. The van der Waals surface area contributed by atoms with Crippen LogP contribution in [0.2, 0.25) is 0 Å². The summed E-state index contributed by atoms with van der Waals surface area (Å²) in [5.41, 5.74) is 13.6. The third-order valence-electron chi connectivity index (χ3n) is 5.87. The molecule has 0 fully saturated rings. The zero-order valence-electron chi connectivity index (χ0n) is 11.6. The van der Waals surface area contributed by atoms with Gasteiger partial charge in [-0.3, -0.25) is 0 Å². The second kappa shape index (κ2) is 3.07. The summed E-state index contributed by atoms with van der Waals surface area (Å²) in [6.07, 6.45) is 14.7. The van der Waals surface area contributed by atoms with Gasteiger partial charge in [0.25, 0.3) is 0 Å². The lowest BCUT2D eigenvalue weighted by molar-refractivity contribution is 0.298. The van der Waals surface area contributed by atoms with Crippen LogP contribution in [-0.4, -0.2) is 5.54 Å². The Morgan fingerprint density at radius 2 is 2.10 bits per heavy atom. The Bertz CT molecular complexity index is 777. The third kappa shape index (κ3) is 0.958. The van der Waals surface area contributed by atoms with Crippen molar-refractivity contribution < 1.29 is 0 Å². The van der Waals surface area contributed by atoms with Crippen molar-refractivity contribution in [3.05, 3.63) is 76.4 Å². The molecular formula is C19H17N. The van der Waals surface area contributed by atoms with E-state index >= 15 is 0 Å². The third-order valence-corrected chi connectivity index (χ3v) is 5.87. The highest BCUT2D eigenvalue weighted by Crippen LogP contribution is 2.64. The molecule has 1 aromatic rings. The van der Waals surface area contributed by atoms with Gasteiger partial charge in [0.2, 0.25) is 0 Å². The molecule has 0 saturated carbocycles. The summed E-state index contributed by atoms with van der Waals surface area (Å²) in [5, 5.41) is 0. The van der Waals surface area contributed by atoms with Crippen LogP contribution in [0, 0.1) is 5.41 Å². The quantitative estimate of drug-likeness (QED) is 0.758. The van der Waals surface area contributed by atoms with Gasteiger partial charge in [-0.2, -0.15) is 0 Å². The fraction of sp³-hybridized carbons (Fsp3) is 0.263. The molecule has 0 spiro atoms. The number of hydrogen-bond acceptors (Lipinski definition) is 1. The van der Waals surface area contributed by atoms with Crippen molar-refractivity contribution >= 4 is 6.08 Å². The van der Waals surface area contributed by atoms with Crippen molar-refractivity contribution in [3.63, 3.8) is 0 Å². The molecule has 4 aliphatic carbocycles. The van der Waals surface area contributed by atoms with Crippen molar-refractivity contribution in [1.82, 2.24) is 0 Å². The van der Waals surface area contributed by atoms with Crippen LogP contribution in [0.3, 0.4) is 0 Å². The van der Waals surface area contributed by atoms with Gasteiger partial charge < -0.3 is 5.73 Å². The van der Waals surface area contributed by atoms with Crippen molar-refractivity contribution in [1.29, 1.82) is 0 Å². The molecular weight excluding hydrogens is 242 g/mol. The summed E-state index contributed by atoms with van der Waals surface area (Å²) >= 11 is 0. The van der Waals surface area contributed by atoms with E-state index in [2.05, 4.69) is 61.6 Å². The summed E-state index contributed by atoms with van der Waals surface area (Å²) < 4.78 is 0. The van der Waals surface area contributed by atoms with E-state index in [1.807, 2.05) is 0 Å². The van der Waals surface area contributed by atoms with Crippen molar-refractivity contribution in [2.45, 2.75) is 24.8 Å². The van der Waals surface area contributed by atoms with Gasteiger partial charge in [-0.15, -0.1) is 0 Å². The van der Waals surface area contributed by atoms with E-state index in [-0.39, 0.29) is 11.0 Å². The van der Waals surface area contributed by atoms with Gasteiger partial charge in [-0.1, -0.05) is 61.6 Å². The first kappa shape index (κ1) is 10.9. The molecule has 3 unspecified atom stereocenters. The SMILES string of the molecule is CC12C3=CCc4cccc5c4C1C(=CC2(N)C=C3)C=C5. The number of nitrogens with two attached hydrogens (primary N) is 1. The Hall–Kier alpha value is -1.86. The van der Waals surface area contributed by atoms with Gasteiger partial charge in [-0.05, 0) is 34.3 Å². The van der Waals surface area contributed by atoms with Crippen LogP contribution in [0.4, 0.5) is 0 Å². The van der Waals surface area contributed by atoms with Crippen molar-refractivity contribution in [2.24, 2.45) is 11.1 Å². The van der Waals surface area contributed by atoms with E-state index < -0.39 is 0 Å². The maximum atomic E-state index is 6.77. The highest BCUT2D eigenvalue weighted by molar-refractivity contribution is 5.73. The van der Waals surface area contributed by atoms with E-state index in [0.29, 0.717) is 5.92 Å². The lowest BCUT2D eigenvalue weighted by atomic mass is 9.63. The number of allylic oxidation sites excluding steroid dienone is 4. The van der Waals surface area contributed by atoms with E-state index in [0.717, 1.165) is 6.42 Å². The molecule has 3 atom stereocenters. The van der Waals surface area contributed by atoms with Gasteiger partial charge in [-0.25, -0.2) is 0 Å². The minimum Gasteiger partial charge on any atom is -0.318 e. The van der Waals surface area contributed by atoms with Crippen LogP contribution in [0.25, 0.3) is 6.08 Å². The minimum atomic E-state index is -0.331. The fourth-order valence-electron chi connectivity index (χ4n) is 4.72. The van der Waals surface area contributed by atoms with Crippen molar-refractivity contribution in [3.8, 4) is 0 Å². The average molecular weight is 259 g/mol. The number of rotatable bonds is 0. The summed E-state index contributed by atoms with van der Waals surface area (Å²) in [6, 6.07) is 6.69. The van der Waals surface area contributed by atoms with Gasteiger partial charge in [0.15, 0.2) is 0 Å². The Morgan fingerprint density at radius 3 is 3.00 bits per heavy atom. The summed E-state index contributed by atoms with van der Waals surface area (Å²) in [5.74, 6) is 0.410. The lowest BCUT2D eigenvalue weighted by Gasteiger charge is -2.41. The van der Waals surface area contributed by atoms with Crippen LogP contribution >= 0.6 is 0 Å². The monoisotopic (exact) mass is 259 g/mol. The largest absolute Gasteiger partial charge is 0.318 e. The molecule has 5 rings (SSSR count). The number of hydrogen-bond donors (Lipinski definition) is 1. The molecule has 0 bridgehead atoms. The van der Waals surface area contributed by atoms with E-state index in [1.165, 1.54) is 27.8 Å². The van der Waals surface area contributed by atoms with Crippen molar-refractivity contribution in [2.75, 3.05) is 0 Å². The van der Waals surface area contributed by atoms with Gasteiger partial charge in [0.1, 0.15) is 0 Å². The molecule has 2 N–H and O–H groups in total. The van der Waals surface area contributed by atoms with E-state index in [9.17, 15) is 0 Å². The fourth-order valence-corrected chi connectivity index (χ4v) is 4.72. The predicted molar refractivity (Wildman–Crippen MR) is 82.3 cm³/mol. The van der Waals surface area contributed by atoms with Crippen LogP contribution in [0.5, 0.6) is 0 Å². The highest BCUT2D eigenvalue weighted by Gasteiger charge is 2.59. The maximum absolute atomic E-state index is 6.77. The average Bonchev–Trinajstić information content (AvgIpc) is 2.75. The first-order valence-electron chi connectivity index (χ1n) is 7.35. The summed E-state index contributed by atoms with van der Waals surface area (Å²) in [4.78, 5) is 0. The molecule has 0 heterocycles. The Kier molecular flexibility index (Phi) is 1.67. The molecule has 1 heteroatoms. The normalized spacial score (nSPS) is 38.4. The Labute approximate surface area is 119 Å². The van der Waals surface area contributed by atoms with Crippen LogP contribution in [-0.2, 0) is 6.42 Å². The molecule has 1 nitrogen and oxygen atoms in total. The summed E-state index contributed by atoms with van der Waals surface area (Å²) in [6.45, 7) is 2.35.